The van der Waals surface area contributed by atoms with E-state index in [1.807, 2.05) is 4.90 Å². The minimum atomic E-state index is -0.413. The lowest BCUT2D eigenvalue weighted by atomic mass is 10.2. The lowest BCUT2D eigenvalue weighted by Gasteiger charge is -2.36. The summed E-state index contributed by atoms with van der Waals surface area (Å²) in [7, 11) is 0. The Morgan fingerprint density at radius 1 is 1.12 bits per heavy atom. The second kappa shape index (κ2) is 7.73. The van der Waals surface area contributed by atoms with E-state index >= 15 is 0 Å². The first-order valence-electron chi connectivity index (χ1n) is 8.23. The van der Waals surface area contributed by atoms with Gasteiger partial charge in [-0.05, 0) is 12.1 Å². The van der Waals surface area contributed by atoms with Gasteiger partial charge in [-0.1, -0.05) is 11.8 Å². The average Bonchev–Trinajstić information content (AvgIpc) is 3.05. The fourth-order valence-electron chi connectivity index (χ4n) is 3.02. The van der Waals surface area contributed by atoms with Crippen LogP contribution in [0.3, 0.4) is 0 Å². The maximum Gasteiger partial charge on any atom is 0.281 e. The van der Waals surface area contributed by atoms with Gasteiger partial charge in [-0.2, -0.15) is 0 Å². The molecule has 0 N–H and O–H groups in total. The molecule has 1 aromatic carbocycles. The van der Waals surface area contributed by atoms with Gasteiger partial charge in [-0.25, -0.2) is 0 Å². The first kappa shape index (κ1) is 17.5. The molecule has 0 aliphatic carbocycles. The van der Waals surface area contributed by atoms with Gasteiger partial charge in [-0.3, -0.25) is 19.7 Å². The molecule has 9 heteroatoms. The van der Waals surface area contributed by atoms with Gasteiger partial charge in [-0.15, -0.1) is 0 Å². The summed E-state index contributed by atoms with van der Waals surface area (Å²) in [5.74, 6) is 0.883. The van der Waals surface area contributed by atoms with E-state index in [1.54, 1.807) is 17.0 Å². The van der Waals surface area contributed by atoms with Crippen molar-refractivity contribution in [2.24, 2.45) is 0 Å². The van der Waals surface area contributed by atoms with E-state index in [1.165, 1.54) is 23.9 Å². The summed E-state index contributed by atoms with van der Waals surface area (Å²) in [5.41, 5.74) is 1.00. The number of amides is 2. The van der Waals surface area contributed by atoms with Crippen molar-refractivity contribution in [3.63, 3.8) is 0 Å². The number of benzene rings is 1. The van der Waals surface area contributed by atoms with Crippen molar-refractivity contribution in [1.82, 2.24) is 9.80 Å². The third kappa shape index (κ3) is 4.22. The van der Waals surface area contributed by atoms with Gasteiger partial charge in [0.05, 0.1) is 4.92 Å². The smallest absolute Gasteiger partial charge is 0.281 e. The van der Waals surface area contributed by atoms with Crippen LogP contribution in [0.2, 0.25) is 0 Å². The minimum Gasteiger partial charge on any atom is -0.368 e. The number of non-ortho nitro benzene ring substituents is 1. The van der Waals surface area contributed by atoms with Crippen LogP contribution in [-0.4, -0.2) is 70.9 Å². The number of carbonyl (C=O) groups is 2. The monoisotopic (exact) mass is 364 g/mol. The summed E-state index contributed by atoms with van der Waals surface area (Å²) >= 11 is 1.31. The fraction of sp³-hybridized carbons (Fsp3) is 0.500. The number of rotatable bonds is 5. The van der Waals surface area contributed by atoms with Gasteiger partial charge in [0.2, 0.25) is 5.91 Å². The zero-order valence-corrected chi connectivity index (χ0v) is 14.6. The van der Waals surface area contributed by atoms with Crippen LogP contribution in [0.5, 0.6) is 0 Å². The zero-order chi connectivity index (χ0) is 17.8. The Hall–Kier alpha value is -2.29. The summed E-state index contributed by atoms with van der Waals surface area (Å²) < 4.78 is 0. The molecule has 8 nitrogen and oxygen atoms in total. The first-order chi connectivity index (χ1) is 12.0. The number of carbonyl (C=O) groups excluding carboxylic acids is 2. The number of hydrogen-bond acceptors (Lipinski definition) is 6. The van der Waals surface area contributed by atoms with Crippen LogP contribution in [0.15, 0.2) is 24.3 Å². The highest BCUT2D eigenvalue weighted by Gasteiger charge is 2.25. The second-order valence-corrected chi connectivity index (χ2v) is 7.04. The largest absolute Gasteiger partial charge is 0.368 e. The summed E-state index contributed by atoms with van der Waals surface area (Å²) in [6.45, 7) is 3.86. The predicted molar refractivity (Wildman–Crippen MR) is 95.9 cm³/mol. The van der Waals surface area contributed by atoms with Crippen molar-refractivity contribution in [2.45, 2.75) is 6.42 Å². The Bertz CT molecular complexity index is 659. The quantitative estimate of drug-likeness (QED) is 0.585. The van der Waals surface area contributed by atoms with Crippen molar-refractivity contribution < 1.29 is 14.5 Å². The molecule has 2 aliphatic rings. The molecule has 2 amide bonds. The van der Waals surface area contributed by atoms with Crippen LogP contribution in [-0.2, 0) is 4.79 Å². The van der Waals surface area contributed by atoms with Crippen LogP contribution >= 0.6 is 11.8 Å². The van der Waals surface area contributed by atoms with Gasteiger partial charge >= 0.3 is 0 Å². The molecule has 1 aromatic rings. The number of nitro groups is 1. The molecule has 2 aliphatic heterocycles. The normalized spacial score (nSPS) is 17.9. The summed E-state index contributed by atoms with van der Waals surface area (Å²) in [4.78, 5) is 39.8. The third-order valence-corrected chi connectivity index (χ3v) is 5.39. The van der Waals surface area contributed by atoms with Gasteiger partial charge in [0.15, 0.2) is 0 Å². The van der Waals surface area contributed by atoms with E-state index in [4.69, 9.17) is 0 Å². The number of anilines is 1. The molecular weight excluding hydrogens is 344 g/mol. The van der Waals surface area contributed by atoms with E-state index in [9.17, 15) is 19.7 Å². The van der Waals surface area contributed by atoms with Crippen LogP contribution < -0.4 is 4.90 Å². The fourth-order valence-corrected chi connectivity index (χ4v) is 3.87. The highest BCUT2D eigenvalue weighted by Crippen LogP contribution is 2.21. The Balaban J connectivity index is 1.47. The maximum absolute atomic E-state index is 12.3. The molecule has 3 rings (SSSR count). The Morgan fingerprint density at radius 3 is 2.36 bits per heavy atom. The van der Waals surface area contributed by atoms with Crippen molar-refractivity contribution in [2.75, 3.05) is 49.9 Å². The number of nitro benzene ring substituents is 1. The van der Waals surface area contributed by atoms with Crippen molar-refractivity contribution in [1.29, 1.82) is 0 Å². The molecule has 2 fully saturated rings. The molecule has 0 saturated carbocycles. The molecule has 2 heterocycles. The minimum absolute atomic E-state index is 0.0655. The van der Waals surface area contributed by atoms with Crippen LogP contribution in [0.25, 0.3) is 0 Å². The van der Waals surface area contributed by atoms with Gasteiger partial charge in [0, 0.05) is 69.3 Å². The molecular formula is C16H20N4O4S. The predicted octanol–water partition coefficient (Wildman–Crippen LogP) is 1.80. The molecule has 25 heavy (non-hydrogen) atoms. The van der Waals surface area contributed by atoms with Crippen LogP contribution in [0.4, 0.5) is 16.2 Å². The standard InChI is InChI=1S/C16H20N4O4S/c21-15(5-6-19-11-12-25-16(19)22)18-9-7-17(8-10-18)13-1-3-14(4-2-13)20(23)24/h1-4H,5-12H2. The van der Waals surface area contributed by atoms with E-state index in [2.05, 4.69) is 4.90 Å². The molecule has 2 saturated heterocycles. The topological polar surface area (TPSA) is 87.0 Å². The SMILES string of the molecule is O=C(CCN1CCSC1=O)N1CCN(c2ccc([N+](=O)[O-])cc2)CC1. The maximum atomic E-state index is 12.3. The van der Waals surface area contributed by atoms with Crippen molar-refractivity contribution in [3.05, 3.63) is 34.4 Å². The molecule has 0 unspecified atom stereocenters. The Labute approximate surface area is 149 Å². The molecule has 0 radical (unpaired) electrons. The average molecular weight is 364 g/mol. The van der Waals surface area contributed by atoms with E-state index < -0.39 is 4.92 Å². The summed E-state index contributed by atoms with van der Waals surface area (Å²) in [6.07, 6.45) is 0.365. The lowest BCUT2D eigenvalue weighted by molar-refractivity contribution is -0.384. The van der Waals surface area contributed by atoms with Crippen molar-refractivity contribution >= 4 is 34.3 Å². The van der Waals surface area contributed by atoms with Crippen LogP contribution in [0, 0.1) is 10.1 Å². The zero-order valence-electron chi connectivity index (χ0n) is 13.8. The molecule has 0 bridgehead atoms. The molecule has 0 spiro atoms. The lowest BCUT2D eigenvalue weighted by Crippen LogP contribution is -2.49. The number of piperazine rings is 1. The summed E-state index contributed by atoms with van der Waals surface area (Å²) in [6, 6.07) is 6.48. The second-order valence-electron chi connectivity index (χ2n) is 5.99. The van der Waals surface area contributed by atoms with Gasteiger partial charge in [0.1, 0.15) is 0 Å². The van der Waals surface area contributed by atoms with E-state index in [0.29, 0.717) is 39.1 Å². The summed E-state index contributed by atoms with van der Waals surface area (Å²) in [5, 5.41) is 10.8. The van der Waals surface area contributed by atoms with Crippen LogP contribution in [0.1, 0.15) is 6.42 Å². The molecule has 0 atom stereocenters. The van der Waals surface area contributed by atoms with Crippen molar-refractivity contribution in [3.8, 4) is 0 Å². The molecule has 0 aromatic heterocycles. The number of hydrogen-bond donors (Lipinski definition) is 0. The highest BCUT2D eigenvalue weighted by molar-refractivity contribution is 8.13. The number of nitrogens with zero attached hydrogens (tertiary/aromatic N) is 4. The molecule has 134 valence electrons. The highest BCUT2D eigenvalue weighted by atomic mass is 32.2. The Morgan fingerprint density at radius 2 is 1.80 bits per heavy atom. The Kier molecular flexibility index (Phi) is 5.42. The van der Waals surface area contributed by atoms with E-state index in [0.717, 1.165) is 18.0 Å². The van der Waals surface area contributed by atoms with Gasteiger partial charge in [0.25, 0.3) is 10.9 Å². The third-order valence-electron chi connectivity index (χ3n) is 4.50. The number of thioether (sulfide) groups is 1. The van der Waals surface area contributed by atoms with Gasteiger partial charge < -0.3 is 14.7 Å². The van der Waals surface area contributed by atoms with E-state index in [-0.39, 0.29) is 16.8 Å². The first-order valence-corrected chi connectivity index (χ1v) is 9.22.